The van der Waals surface area contributed by atoms with Crippen molar-refractivity contribution in [2.45, 2.75) is 32.9 Å². The molecule has 3 aromatic rings. The Morgan fingerprint density at radius 2 is 2.00 bits per heavy atom. The Bertz CT molecular complexity index is 1400. The molecule has 0 bridgehead atoms. The highest BCUT2D eigenvalue weighted by Gasteiger charge is 2.34. The number of nitro benzene ring substituents is 1. The molecular formula is C22H19N3O5S2. The molecule has 0 radical (unpaired) electrons. The van der Waals surface area contributed by atoms with Crippen LogP contribution in [0, 0.1) is 10.1 Å². The lowest BCUT2D eigenvalue weighted by Crippen LogP contribution is -2.39. The van der Waals surface area contributed by atoms with Gasteiger partial charge in [-0.1, -0.05) is 17.4 Å². The maximum atomic E-state index is 13.4. The zero-order valence-electron chi connectivity index (χ0n) is 17.5. The lowest BCUT2D eigenvalue weighted by molar-refractivity contribution is -0.384. The maximum Gasteiger partial charge on any atom is 0.338 e. The summed E-state index contributed by atoms with van der Waals surface area (Å²) in [4.78, 5) is 42.6. The molecule has 3 heterocycles. The first kappa shape index (κ1) is 21.8. The summed E-state index contributed by atoms with van der Waals surface area (Å²) in [6.45, 7) is 5.28. The van der Waals surface area contributed by atoms with Gasteiger partial charge in [0.1, 0.15) is 6.04 Å². The molecule has 1 aliphatic rings. The molecule has 1 aromatic carbocycles. The number of nitrogens with zero attached hydrogens (tertiary/aromatic N) is 3. The Morgan fingerprint density at radius 1 is 1.28 bits per heavy atom. The number of rotatable bonds is 5. The van der Waals surface area contributed by atoms with Gasteiger partial charge in [0.15, 0.2) is 4.80 Å². The number of benzene rings is 1. The average Bonchev–Trinajstić information content (AvgIpc) is 3.36. The van der Waals surface area contributed by atoms with Crippen molar-refractivity contribution in [1.82, 2.24) is 4.57 Å². The molecule has 0 N–H and O–H groups in total. The summed E-state index contributed by atoms with van der Waals surface area (Å²) in [5.41, 5.74) is 1.20. The van der Waals surface area contributed by atoms with Crippen LogP contribution in [0.25, 0.3) is 6.08 Å². The molecule has 0 spiro atoms. The lowest BCUT2D eigenvalue weighted by Gasteiger charge is -2.24. The first-order chi connectivity index (χ1) is 15.3. The van der Waals surface area contributed by atoms with Gasteiger partial charge in [0, 0.05) is 17.0 Å². The molecule has 0 aliphatic carbocycles. The van der Waals surface area contributed by atoms with Gasteiger partial charge in [-0.3, -0.25) is 19.5 Å². The molecule has 164 valence electrons. The van der Waals surface area contributed by atoms with Crippen LogP contribution in [0.5, 0.6) is 0 Å². The maximum absolute atomic E-state index is 13.4. The van der Waals surface area contributed by atoms with Gasteiger partial charge in [0.25, 0.3) is 11.2 Å². The summed E-state index contributed by atoms with van der Waals surface area (Å²) in [6.07, 6.45) is 1.36. The van der Waals surface area contributed by atoms with Crippen molar-refractivity contribution in [2.24, 2.45) is 4.99 Å². The zero-order valence-corrected chi connectivity index (χ0v) is 19.1. The van der Waals surface area contributed by atoms with Crippen LogP contribution in [-0.4, -0.2) is 21.6 Å². The number of carbonyl (C=O) groups is 1. The van der Waals surface area contributed by atoms with Gasteiger partial charge in [-0.25, -0.2) is 9.79 Å². The van der Waals surface area contributed by atoms with Crippen LogP contribution >= 0.6 is 22.7 Å². The second kappa shape index (κ2) is 8.64. The first-order valence-electron chi connectivity index (χ1n) is 9.77. The fourth-order valence-corrected chi connectivity index (χ4v) is 5.29. The van der Waals surface area contributed by atoms with E-state index in [1.807, 2.05) is 17.5 Å². The van der Waals surface area contributed by atoms with E-state index in [1.165, 1.54) is 39.4 Å². The van der Waals surface area contributed by atoms with E-state index in [-0.39, 0.29) is 17.4 Å². The molecule has 32 heavy (non-hydrogen) atoms. The quantitative estimate of drug-likeness (QED) is 0.324. The third-order valence-electron chi connectivity index (χ3n) is 4.80. The van der Waals surface area contributed by atoms with Gasteiger partial charge >= 0.3 is 5.97 Å². The number of aromatic nitrogens is 1. The number of esters is 1. The number of non-ortho nitro benzene ring substituents is 1. The molecule has 0 amide bonds. The number of carbonyl (C=O) groups excluding carboxylic acids is 1. The molecule has 0 saturated heterocycles. The highest BCUT2D eigenvalue weighted by molar-refractivity contribution is 7.10. The minimum atomic E-state index is -0.628. The molecule has 10 heteroatoms. The SMILES string of the molecule is CC1=C(C(=O)OC(C)C)[C@@H](c2cccs2)n2c(s/c(=C/c3ccc([N+](=O)[O-])cc3)c2=O)=N1. The van der Waals surface area contributed by atoms with Crippen molar-refractivity contribution >= 4 is 40.4 Å². The number of nitro groups is 1. The molecule has 2 aromatic heterocycles. The summed E-state index contributed by atoms with van der Waals surface area (Å²) >= 11 is 2.66. The van der Waals surface area contributed by atoms with Crippen molar-refractivity contribution in [3.8, 4) is 0 Å². The lowest BCUT2D eigenvalue weighted by atomic mass is 10.0. The number of hydrogen-bond donors (Lipinski definition) is 0. The van der Waals surface area contributed by atoms with Crippen LogP contribution in [0.3, 0.4) is 0 Å². The van der Waals surface area contributed by atoms with Crippen molar-refractivity contribution < 1.29 is 14.5 Å². The third kappa shape index (κ3) is 4.06. The van der Waals surface area contributed by atoms with Gasteiger partial charge in [0.2, 0.25) is 0 Å². The summed E-state index contributed by atoms with van der Waals surface area (Å²) in [6, 6.07) is 9.07. The predicted molar refractivity (Wildman–Crippen MR) is 122 cm³/mol. The number of thiazole rings is 1. The number of hydrogen-bond acceptors (Lipinski definition) is 8. The van der Waals surface area contributed by atoms with E-state index < -0.39 is 16.9 Å². The topological polar surface area (TPSA) is 104 Å². The third-order valence-corrected chi connectivity index (χ3v) is 6.71. The van der Waals surface area contributed by atoms with Crippen LogP contribution in [0.15, 0.2) is 62.8 Å². The number of thiophene rings is 1. The Morgan fingerprint density at radius 3 is 2.59 bits per heavy atom. The van der Waals surface area contributed by atoms with Gasteiger partial charge in [-0.05, 0) is 56.0 Å². The zero-order chi connectivity index (χ0) is 23.0. The fraction of sp³-hybridized carbons (Fsp3) is 0.227. The van der Waals surface area contributed by atoms with E-state index >= 15 is 0 Å². The Hall–Kier alpha value is -3.37. The standard InChI is InChI=1S/C22H19N3O5S2/c1-12(2)30-21(27)18-13(3)23-22-24(19(18)16-5-4-10-31-16)20(26)17(32-22)11-14-6-8-15(9-7-14)25(28)29/h4-12,19H,1-3H3/b17-11+/t19-/m1/s1. The molecule has 1 aliphatic heterocycles. The van der Waals surface area contributed by atoms with Gasteiger partial charge in [-0.2, -0.15) is 0 Å². The first-order valence-corrected chi connectivity index (χ1v) is 11.5. The Kier molecular flexibility index (Phi) is 5.90. The highest BCUT2D eigenvalue weighted by atomic mass is 32.1. The van der Waals surface area contributed by atoms with Gasteiger partial charge in [0.05, 0.1) is 26.8 Å². The molecule has 1 atom stereocenters. The molecule has 0 saturated carbocycles. The van der Waals surface area contributed by atoms with Crippen molar-refractivity contribution in [2.75, 3.05) is 0 Å². The van der Waals surface area contributed by atoms with Crippen LogP contribution in [0.1, 0.15) is 37.3 Å². The fourth-order valence-electron chi connectivity index (χ4n) is 3.42. The van der Waals surface area contributed by atoms with Crippen LogP contribution in [-0.2, 0) is 9.53 Å². The second-order valence-electron chi connectivity index (χ2n) is 7.40. The van der Waals surface area contributed by atoms with Gasteiger partial charge < -0.3 is 4.74 Å². The molecule has 4 rings (SSSR count). The van der Waals surface area contributed by atoms with E-state index in [0.29, 0.717) is 26.2 Å². The smallest absolute Gasteiger partial charge is 0.338 e. The van der Waals surface area contributed by atoms with E-state index in [2.05, 4.69) is 4.99 Å². The molecule has 0 unspecified atom stereocenters. The normalized spacial score (nSPS) is 16.1. The second-order valence-corrected chi connectivity index (χ2v) is 9.39. The van der Waals surface area contributed by atoms with E-state index in [0.717, 1.165) is 4.88 Å². The minimum absolute atomic E-state index is 0.0229. The molecular weight excluding hydrogens is 450 g/mol. The monoisotopic (exact) mass is 469 g/mol. The summed E-state index contributed by atoms with van der Waals surface area (Å²) < 4.78 is 7.40. The van der Waals surface area contributed by atoms with E-state index in [1.54, 1.807) is 39.0 Å². The van der Waals surface area contributed by atoms with E-state index in [9.17, 15) is 19.7 Å². The summed E-state index contributed by atoms with van der Waals surface area (Å²) in [7, 11) is 0. The largest absolute Gasteiger partial charge is 0.459 e. The minimum Gasteiger partial charge on any atom is -0.459 e. The molecule has 0 fully saturated rings. The number of ether oxygens (including phenoxy) is 1. The number of fused-ring (bicyclic) bond motifs is 1. The van der Waals surface area contributed by atoms with Crippen molar-refractivity contribution in [1.29, 1.82) is 0 Å². The van der Waals surface area contributed by atoms with Crippen LogP contribution in [0.4, 0.5) is 5.69 Å². The van der Waals surface area contributed by atoms with Crippen LogP contribution < -0.4 is 14.9 Å². The number of allylic oxidation sites excluding steroid dienone is 1. The highest BCUT2D eigenvalue weighted by Crippen LogP contribution is 2.33. The van der Waals surface area contributed by atoms with Gasteiger partial charge in [-0.15, -0.1) is 11.3 Å². The van der Waals surface area contributed by atoms with Crippen LogP contribution in [0.2, 0.25) is 0 Å². The van der Waals surface area contributed by atoms with Crippen molar-refractivity contribution in [3.63, 3.8) is 0 Å². The summed E-state index contributed by atoms with van der Waals surface area (Å²) in [5.74, 6) is -0.496. The Balaban J connectivity index is 1.87. The predicted octanol–water partition coefficient (Wildman–Crippen LogP) is 3.16. The van der Waals surface area contributed by atoms with E-state index in [4.69, 9.17) is 4.74 Å². The summed E-state index contributed by atoms with van der Waals surface area (Å²) in [5, 5.41) is 12.8. The van der Waals surface area contributed by atoms with Crippen molar-refractivity contribution in [3.05, 3.63) is 93.3 Å². The average molecular weight is 470 g/mol. The molecule has 8 nitrogen and oxygen atoms in total. The Labute approximate surface area is 190 Å².